The highest BCUT2D eigenvalue weighted by Gasteiger charge is 2.22. The molecule has 1 saturated heterocycles. The van der Waals surface area contributed by atoms with Gasteiger partial charge in [0.05, 0.1) is 0 Å². The van der Waals surface area contributed by atoms with Gasteiger partial charge in [-0.1, -0.05) is 18.2 Å². The number of hydrogen-bond donors (Lipinski definition) is 4. The summed E-state index contributed by atoms with van der Waals surface area (Å²) in [4.78, 5) is 37.6. The van der Waals surface area contributed by atoms with Crippen molar-refractivity contribution in [3.63, 3.8) is 0 Å². The van der Waals surface area contributed by atoms with Gasteiger partial charge in [0.1, 0.15) is 5.75 Å². The number of carbonyl (C=O) groups excluding carboxylic acids is 3. The van der Waals surface area contributed by atoms with E-state index in [0.717, 1.165) is 31.5 Å². The average molecular weight is 410 g/mol. The van der Waals surface area contributed by atoms with Crippen molar-refractivity contribution in [1.82, 2.24) is 15.5 Å². The van der Waals surface area contributed by atoms with E-state index in [2.05, 4.69) is 20.9 Å². The molecule has 0 spiro atoms. The number of phenols is 1. The Kier molecular flexibility index (Phi) is 7.03. The standard InChI is InChI=1S/C22H26N4O4/c1-15(27)23-19-7-8-20(28)17(13-19)14-26-11-9-18(10-12-26)24-22(30)25-21(29)16-5-3-2-4-6-16/h2-8,13,18,28H,9-12,14H2,1H3,(H,23,27)(H2,24,25,29,30). The van der Waals surface area contributed by atoms with Crippen molar-refractivity contribution in [3.8, 4) is 5.75 Å². The molecule has 0 atom stereocenters. The van der Waals surface area contributed by atoms with Gasteiger partial charge >= 0.3 is 6.03 Å². The lowest BCUT2D eigenvalue weighted by Crippen LogP contribution is -2.49. The number of amides is 4. The summed E-state index contributed by atoms with van der Waals surface area (Å²) in [5, 5.41) is 18.0. The minimum Gasteiger partial charge on any atom is -0.508 e. The molecule has 0 aliphatic carbocycles. The second kappa shape index (κ2) is 9.89. The van der Waals surface area contributed by atoms with E-state index in [1.54, 1.807) is 48.5 Å². The van der Waals surface area contributed by atoms with Crippen molar-refractivity contribution in [3.05, 3.63) is 59.7 Å². The lowest BCUT2D eigenvalue weighted by atomic mass is 10.0. The molecule has 1 heterocycles. The van der Waals surface area contributed by atoms with Crippen LogP contribution < -0.4 is 16.0 Å². The normalized spacial score (nSPS) is 14.7. The summed E-state index contributed by atoms with van der Waals surface area (Å²) in [7, 11) is 0. The van der Waals surface area contributed by atoms with Crippen LogP contribution in [0, 0.1) is 0 Å². The van der Waals surface area contributed by atoms with Gasteiger partial charge in [-0.25, -0.2) is 4.79 Å². The Labute approximate surface area is 175 Å². The summed E-state index contributed by atoms with van der Waals surface area (Å²) in [6.07, 6.45) is 1.47. The van der Waals surface area contributed by atoms with Crippen LogP contribution in [0.4, 0.5) is 10.5 Å². The van der Waals surface area contributed by atoms with E-state index in [1.807, 2.05) is 0 Å². The smallest absolute Gasteiger partial charge is 0.321 e. The molecule has 0 bridgehead atoms. The zero-order valence-corrected chi connectivity index (χ0v) is 16.9. The van der Waals surface area contributed by atoms with Crippen molar-refractivity contribution >= 4 is 23.5 Å². The molecule has 0 unspecified atom stereocenters. The Hall–Kier alpha value is -3.39. The van der Waals surface area contributed by atoms with Crippen molar-refractivity contribution in [1.29, 1.82) is 0 Å². The largest absolute Gasteiger partial charge is 0.508 e. The van der Waals surface area contributed by atoms with Gasteiger partial charge in [0.25, 0.3) is 5.91 Å². The number of hydrogen-bond acceptors (Lipinski definition) is 5. The number of piperidine rings is 1. The van der Waals surface area contributed by atoms with Gasteiger partial charge in [0.15, 0.2) is 0 Å². The van der Waals surface area contributed by atoms with Crippen LogP contribution in [0.1, 0.15) is 35.7 Å². The first-order valence-corrected chi connectivity index (χ1v) is 9.89. The van der Waals surface area contributed by atoms with Gasteiger partial charge in [-0.3, -0.25) is 19.8 Å². The van der Waals surface area contributed by atoms with Crippen LogP contribution in [0.2, 0.25) is 0 Å². The van der Waals surface area contributed by atoms with E-state index in [1.165, 1.54) is 6.92 Å². The molecule has 2 aromatic rings. The Morgan fingerprint density at radius 2 is 1.77 bits per heavy atom. The molecule has 3 rings (SSSR count). The summed E-state index contributed by atoms with van der Waals surface area (Å²) in [5.41, 5.74) is 1.81. The van der Waals surface area contributed by atoms with Crippen LogP contribution in [-0.4, -0.2) is 47.0 Å². The van der Waals surface area contributed by atoms with E-state index in [4.69, 9.17) is 0 Å². The number of carbonyl (C=O) groups is 3. The highest BCUT2D eigenvalue weighted by molar-refractivity contribution is 6.04. The summed E-state index contributed by atoms with van der Waals surface area (Å²) < 4.78 is 0. The van der Waals surface area contributed by atoms with E-state index < -0.39 is 11.9 Å². The fourth-order valence-corrected chi connectivity index (χ4v) is 3.46. The highest BCUT2D eigenvalue weighted by Crippen LogP contribution is 2.24. The van der Waals surface area contributed by atoms with E-state index in [-0.39, 0.29) is 17.7 Å². The van der Waals surface area contributed by atoms with Crippen LogP contribution >= 0.6 is 0 Å². The molecule has 8 nitrogen and oxygen atoms in total. The number of aromatic hydroxyl groups is 1. The number of benzene rings is 2. The maximum absolute atomic E-state index is 12.1. The van der Waals surface area contributed by atoms with Crippen LogP contribution in [-0.2, 0) is 11.3 Å². The molecule has 4 N–H and O–H groups in total. The third-order valence-corrected chi connectivity index (χ3v) is 4.98. The molecular formula is C22H26N4O4. The molecule has 1 fully saturated rings. The minimum absolute atomic E-state index is 0.0239. The second-order valence-electron chi connectivity index (χ2n) is 7.37. The highest BCUT2D eigenvalue weighted by atomic mass is 16.3. The van der Waals surface area contributed by atoms with E-state index in [0.29, 0.717) is 17.8 Å². The SMILES string of the molecule is CC(=O)Nc1ccc(O)c(CN2CCC(NC(=O)NC(=O)c3ccccc3)CC2)c1. The van der Waals surface area contributed by atoms with Crippen LogP contribution in [0.25, 0.3) is 0 Å². The first-order chi connectivity index (χ1) is 14.4. The summed E-state index contributed by atoms with van der Waals surface area (Å²) in [6, 6.07) is 13.1. The molecule has 0 saturated carbocycles. The first-order valence-electron chi connectivity index (χ1n) is 9.89. The molecular weight excluding hydrogens is 384 g/mol. The summed E-state index contributed by atoms with van der Waals surface area (Å²) in [5.74, 6) is -0.411. The number of nitrogens with one attached hydrogen (secondary N) is 3. The minimum atomic E-state index is -0.497. The molecule has 1 aliphatic heterocycles. The zero-order chi connectivity index (χ0) is 21.5. The van der Waals surface area contributed by atoms with E-state index >= 15 is 0 Å². The zero-order valence-electron chi connectivity index (χ0n) is 16.9. The molecule has 4 amide bonds. The lowest BCUT2D eigenvalue weighted by molar-refractivity contribution is -0.114. The number of likely N-dealkylation sites (tertiary alicyclic amines) is 1. The number of urea groups is 1. The molecule has 8 heteroatoms. The number of phenolic OH excluding ortho intramolecular Hbond substituents is 1. The number of anilines is 1. The average Bonchev–Trinajstić information content (AvgIpc) is 2.72. The predicted molar refractivity (Wildman–Crippen MR) is 113 cm³/mol. The quantitative estimate of drug-likeness (QED) is 0.566. The van der Waals surface area contributed by atoms with Gasteiger partial charge in [0.2, 0.25) is 5.91 Å². The van der Waals surface area contributed by atoms with Gasteiger partial charge < -0.3 is 15.7 Å². The number of rotatable bonds is 5. The first kappa shape index (κ1) is 21.3. The van der Waals surface area contributed by atoms with Gasteiger partial charge in [-0.2, -0.15) is 0 Å². The fourth-order valence-electron chi connectivity index (χ4n) is 3.46. The fraction of sp³-hybridized carbons (Fsp3) is 0.318. The van der Waals surface area contributed by atoms with Crippen LogP contribution in [0.5, 0.6) is 5.75 Å². The third kappa shape index (κ3) is 6.05. The van der Waals surface area contributed by atoms with Gasteiger partial charge in [-0.15, -0.1) is 0 Å². The molecule has 2 aromatic carbocycles. The lowest BCUT2D eigenvalue weighted by Gasteiger charge is -2.32. The van der Waals surface area contributed by atoms with Gasteiger partial charge in [-0.05, 0) is 43.2 Å². The monoisotopic (exact) mass is 410 g/mol. The maximum Gasteiger partial charge on any atom is 0.321 e. The van der Waals surface area contributed by atoms with E-state index in [9.17, 15) is 19.5 Å². The molecule has 30 heavy (non-hydrogen) atoms. The Morgan fingerprint density at radius 3 is 2.43 bits per heavy atom. The second-order valence-corrected chi connectivity index (χ2v) is 7.37. The summed E-state index contributed by atoms with van der Waals surface area (Å²) >= 11 is 0. The molecule has 0 radical (unpaired) electrons. The van der Waals surface area contributed by atoms with Crippen molar-refractivity contribution in [2.24, 2.45) is 0 Å². The van der Waals surface area contributed by atoms with Crippen molar-refractivity contribution in [2.45, 2.75) is 32.4 Å². The Balaban J connectivity index is 1.46. The topological polar surface area (TPSA) is 111 Å². The predicted octanol–water partition coefficient (Wildman–Crippen LogP) is 2.45. The van der Waals surface area contributed by atoms with Crippen molar-refractivity contribution < 1.29 is 19.5 Å². The molecule has 0 aromatic heterocycles. The number of imide groups is 1. The third-order valence-electron chi connectivity index (χ3n) is 4.98. The van der Waals surface area contributed by atoms with Crippen LogP contribution in [0.15, 0.2) is 48.5 Å². The maximum atomic E-state index is 12.1. The number of nitrogens with zero attached hydrogens (tertiary/aromatic N) is 1. The molecule has 158 valence electrons. The van der Waals surface area contributed by atoms with Crippen LogP contribution in [0.3, 0.4) is 0 Å². The van der Waals surface area contributed by atoms with Crippen molar-refractivity contribution in [2.75, 3.05) is 18.4 Å². The summed E-state index contributed by atoms with van der Waals surface area (Å²) in [6.45, 7) is 3.46. The Morgan fingerprint density at radius 1 is 1.07 bits per heavy atom. The van der Waals surface area contributed by atoms with Gasteiger partial charge in [0, 0.05) is 49.4 Å². The molecule has 1 aliphatic rings. The Bertz CT molecular complexity index is 909.